The predicted molar refractivity (Wildman–Crippen MR) is 127 cm³/mol. The largest absolute Gasteiger partial charge is 0.494 e. The third-order valence-electron chi connectivity index (χ3n) is 5.06. The van der Waals surface area contributed by atoms with E-state index in [1.165, 1.54) is 39.3 Å². The number of benzene rings is 1. The zero-order valence-electron chi connectivity index (χ0n) is 20.2. The molecule has 16 heteroatoms. The van der Waals surface area contributed by atoms with Gasteiger partial charge in [0.1, 0.15) is 23.6 Å². The minimum Gasteiger partial charge on any atom is -0.494 e. The van der Waals surface area contributed by atoms with Gasteiger partial charge in [0, 0.05) is 18.9 Å². The lowest BCUT2D eigenvalue weighted by Gasteiger charge is -2.23. The average molecular weight is 555 g/mol. The van der Waals surface area contributed by atoms with Gasteiger partial charge in [0.05, 0.1) is 18.4 Å². The van der Waals surface area contributed by atoms with Crippen molar-refractivity contribution >= 4 is 26.9 Å². The number of para-hydroxylation sites is 1. The first-order valence-corrected chi connectivity index (χ1v) is 12.6. The van der Waals surface area contributed by atoms with Crippen molar-refractivity contribution in [3.8, 4) is 23.1 Å². The van der Waals surface area contributed by atoms with Crippen LogP contribution in [-0.2, 0) is 21.4 Å². The monoisotopic (exact) mass is 554 g/mol. The van der Waals surface area contributed by atoms with Crippen molar-refractivity contribution < 1.29 is 40.3 Å². The molecule has 12 nitrogen and oxygen atoms in total. The highest BCUT2D eigenvalue weighted by Gasteiger charge is 2.44. The van der Waals surface area contributed by atoms with Crippen molar-refractivity contribution in [2.45, 2.75) is 25.8 Å². The standard InChI is InChI=1S/C22H21F3N6O6S/c1-4-38(32,33)31-20-21(29-17-13(27-20)6-5-7-15(17)35-3)36-18(22(23,24)25)12-8-9-14(26-10-12)19-28-16(11-34-2)37-30-19/h5-10,18H,4,11H2,1-3H3,(H,27,31). The molecule has 3 aromatic heterocycles. The van der Waals surface area contributed by atoms with Crippen LogP contribution in [-0.4, -0.2) is 59.7 Å². The van der Waals surface area contributed by atoms with E-state index in [2.05, 4.69) is 29.8 Å². The van der Waals surface area contributed by atoms with Gasteiger partial charge in [0.15, 0.2) is 0 Å². The Morgan fingerprint density at radius 1 is 1.11 bits per heavy atom. The predicted octanol–water partition coefficient (Wildman–Crippen LogP) is 3.67. The number of hydrogen-bond acceptors (Lipinski definition) is 11. The van der Waals surface area contributed by atoms with Gasteiger partial charge in [-0.1, -0.05) is 17.3 Å². The molecule has 0 aliphatic carbocycles. The van der Waals surface area contributed by atoms with Crippen molar-refractivity contribution in [3.63, 3.8) is 0 Å². The van der Waals surface area contributed by atoms with Gasteiger partial charge in [-0.2, -0.15) is 18.2 Å². The summed E-state index contributed by atoms with van der Waals surface area (Å²) in [5.74, 6) is -1.15. The molecule has 4 rings (SSSR count). The van der Waals surface area contributed by atoms with Crippen LogP contribution in [0.5, 0.6) is 11.6 Å². The van der Waals surface area contributed by atoms with E-state index in [-0.39, 0.29) is 46.6 Å². The number of rotatable bonds is 10. The number of sulfonamides is 1. The Bertz CT molecular complexity index is 1530. The lowest BCUT2D eigenvalue weighted by Crippen LogP contribution is -2.27. The molecular formula is C22H21F3N6O6S. The zero-order chi connectivity index (χ0) is 27.5. The molecule has 0 saturated heterocycles. The van der Waals surface area contributed by atoms with Gasteiger partial charge in [-0.15, -0.1) is 0 Å². The molecule has 38 heavy (non-hydrogen) atoms. The van der Waals surface area contributed by atoms with Gasteiger partial charge in [-0.3, -0.25) is 9.71 Å². The minimum atomic E-state index is -4.95. The maximum Gasteiger partial charge on any atom is 0.429 e. The van der Waals surface area contributed by atoms with Crippen LogP contribution in [0.2, 0.25) is 0 Å². The van der Waals surface area contributed by atoms with Gasteiger partial charge in [-0.05, 0) is 25.1 Å². The fourth-order valence-corrected chi connectivity index (χ4v) is 3.81. The molecule has 3 heterocycles. The Hall–Kier alpha value is -4.05. The van der Waals surface area contributed by atoms with E-state index in [0.717, 1.165) is 12.3 Å². The van der Waals surface area contributed by atoms with Crippen LogP contribution >= 0.6 is 0 Å². The summed E-state index contributed by atoms with van der Waals surface area (Å²) in [5.41, 5.74) is -0.00339. The zero-order valence-corrected chi connectivity index (χ0v) is 21.0. The van der Waals surface area contributed by atoms with Crippen LogP contribution in [0, 0.1) is 0 Å². The lowest BCUT2D eigenvalue weighted by atomic mass is 10.1. The SMILES string of the molecule is CCS(=O)(=O)Nc1nc2cccc(OC)c2nc1OC(c1ccc(-c2noc(COC)n2)nc1)C(F)(F)F. The molecule has 0 saturated carbocycles. The summed E-state index contributed by atoms with van der Waals surface area (Å²) in [4.78, 5) is 16.3. The highest BCUT2D eigenvalue weighted by atomic mass is 32.2. The van der Waals surface area contributed by atoms with Crippen LogP contribution in [0.15, 0.2) is 41.1 Å². The van der Waals surface area contributed by atoms with Gasteiger partial charge >= 0.3 is 6.18 Å². The molecule has 0 fully saturated rings. The Morgan fingerprint density at radius 2 is 1.89 bits per heavy atom. The van der Waals surface area contributed by atoms with E-state index >= 15 is 0 Å². The first kappa shape index (κ1) is 27.0. The molecule has 1 atom stereocenters. The molecular weight excluding hydrogens is 533 g/mol. The molecule has 0 aliphatic rings. The number of hydrogen-bond donors (Lipinski definition) is 1. The summed E-state index contributed by atoms with van der Waals surface area (Å²) >= 11 is 0. The second kappa shape index (κ2) is 10.7. The summed E-state index contributed by atoms with van der Waals surface area (Å²) in [6.45, 7) is 1.41. The number of anilines is 1. The maximum absolute atomic E-state index is 14.2. The van der Waals surface area contributed by atoms with Crippen LogP contribution in [0.25, 0.3) is 22.6 Å². The Labute approximate surface area is 214 Å². The van der Waals surface area contributed by atoms with Crippen molar-refractivity contribution in [2.24, 2.45) is 0 Å². The van der Waals surface area contributed by atoms with Crippen LogP contribution in [0.4, 0.5) is 19.0 Å². The summed E-state index contributed by atoms with van der Waals surface area (Å²) in [5, 5.41) is 3.72. The molecule has 1 aromatic carbocycles. The number of pyridine rings is 1. The number of fused-ring (bicyclic) bond motifs is 1. The Balaban J connectivity index is 1.75. The third-order valence-corrected chi connectivity index (χ3v) is 6.32. The van der Waals surface area contributed by atoms with Gasteiger partial charge in [-0.25, -0.2) is 18.4 Å². The second-order valence-electron chi connectivity index (χ2n) is 7.67. The van der Waals surface area contributed by atoms with Crippen molar-refractivity contribution in [1.29, 1.82) is 0 Å². The fourth-order valence-electron chi connectivity index (χ4n) is 3.24. The molecule has 0 spiro atoms. The van der Waals surface area contributed by atoms with Gasteiger partial charge in [0.25, 0.3) is 11.8 Å². The molecule has 0 bridgehead atoms. The molecule has 1 unspecified atom stereocenters. The second-order valence-corrected chi connectivity index (χ2v) is 9.68. The first-order chi connectivity index (χ1) is 18.0. The molecule has 0 amide bonds. The van der Waals surface area contributed by atoms with E-state index in [4.69, 9.17) is 18.7 Å². The minimum absolute atomic E-state index is 0.0524. The number of alkyl halides is 3. The summed E-state index contributed by atoms with van der Waals surface area (Å²) in [6.07, 6.45) is -6.59. The van der Waals surface area contributed by atoms with E-state index in [9.17, 15) is 21.6 Å². The van der Waals surface area contributed by atoms with Crippen LogP contribution < -0.4 is 14.2 Å². The van der Waals surface area contributed by atoms with E-state index in [1.807, 2.05) is 0 Å². The third kappa shape index (κ3) is 5.91. The molecule has 4 aromatic rings. The highest BCUT2D eigenvalue weighted by Crippen LogP contribution is 2.39. The quantitative estimate of drug-likeness (QED) is 0.306. The lowest BCUT2D eigenvalue weighted by molar-refractivity contribution is -0.198. The van der Waals surface area contributed by atoms with Crippen LogP contribution in [0.1, 0.15) is 24.5 Å². The average Bonchev–Trinajstić information content (AvgIpc) is 3.35. The topological polar surface area (TPSA) is 151 Å². The maximum atomic E-state index is 14.2. The molecule has 0 aliphatic heterocycles. The Kier molecular flexibility index (Phi) is 7.63. The van der Waals surface area contributed by atoms with Crippen LogP contribution in [0.3, 0.4) is 0 Å². The normalized spacial score (nSPS) is 12.9. The Morgan fingerprint density at radius 3 is 2.53 bits per heavy atom. The van der Waals surface area contributed by atoms with E-state index < -0.39 is 39.6 Å². The summed E-state index contributed by atoms with van der Waals surface area (Å²) in [6, 6.07) is 6.98. The first-order valence-electron chi connectivity index (χ1n) is 10.9. The fraction of sp³-hybridized carbons (Fsp3) is 0.318. The van der Waals surface area contributed by atoms with Crippen molar-refractivity contribution in [2.75, 3.05) is 24.7 Å². The number of nitrogens with one attached hydrogen (secondary N) is 1. The number of nitrogens with zero attached hydrogens (tertiary/aromatic N) is 5. The highest BCUT2D eigenvalue weighted by molar-refractivity contribution is 7.92. The van der Waals surface area contributed by atoms with Crippen molar-refractivity contribution in [3.05, 3.63) is 48.0 Å². The molecule has 1 N–H and O–H groups in total. The molecule has 0 radical (unpaired) electrons. The van der Waals surface area contributed by atoms with Gasteiger partial charge in [0.2, 0.25) is 27.8 Å². The number of aromatic nitrogens is 5. The van der Waals surface area contributed by atoms with E-state index in [1.54, 1.807) is 6.07 Å². The number of ether oxygens (including phenoxy) is 3. The number of halogens is 3. The summed E-state index contributed by atoms with van der Waals surface area (Å²) < 4.78 is 89.5. The molecule has 202 valence electrons. The number of methoxy groups -OCH3 is 2. The van der Waals surface area contributed by atoms with E-state index in [0.29, 0.717) is 0 Å². The summed E-state index contributed by atoms with van der Waals surface area (Å²) in [7, 11) is -1.16. The smallest absolute Gasteiger partial charge is 0.429 e. The van der Waals surface area contributed by atoms with Gasteiger partial charge < -0.3 is 18.7 Å². The van der Waals surface area contributed by atoms with Crippen molar-refractivity contribution in [1.82, 2.24) is 25.1 Å².